The van der Waals surface area contributed by atoms with E-state index in [1.807, 2.05) is 19.9 Å². The zero-order valence-corrected chi connectivity index (χ0v) is 13.9. The second-order valence-electron chi connectivity index (χ2n) is 6.00. The molecule has 0 saturated heterocycles. The summed E-state index contributed by atoms with van der Waals surface area (Å²) in [7, 11) is 0. The zero-order valence-electron chi connectivity index (χ0n) is 13.1. The number of nitrogens with one attached hydrogen (secondary N) is 1. The molecule has 0 aliphatic heterocycles. The third-order valence-corrected chi connectivity index (χ3v) is 3.88. The topological polar surface area (TPSA) is 88.5 Å². The standard InChI is InChI=1S/C15H18N2O4S/c1-7-6-8(2)16-12-9(7)10(11(22-12)13(18)19)17-14(20)21-15(3,4)5/h6H,1-5H3,(H,17,20)(H,18,19). The van der Waals surface area contributed by atoms with Crippen LogP contribution in [-0.4, -0.2) is 27.8 Å². The summed E-state index contributed by atoms with van der Waals surface area (Å²) in [6.07, 6.45) is -0.685. The SMILES string of the molecule is Cc1cc(C)c2c(NC(=O)OC(C)(C)C)c(C(=O)O)sc2n1. The highest BCUT2D eigenvalue weighted by Crippen LogP contribution is 2.37. The first kappa shape index (κ1) is 16.2. The van der Waals surface area contributed by atoms with E-state index in [2.05, 4.69) is 10.3 Å². The molecule has 0 spiro atoms. The summed E-state index contributed by atoms with van der Waals surface area (Å²) < 4.78 is 5.20. The first-order chi connectivity index (χ1) is 10.1. The lowest BCUT2D eigenvalue weighted by Gasteiger charge is -2.19. The van der Waals surface area contributed by atoms with Gasteiger partial charge in [-0.1, -0.05) is 0 Å². The second-order valence-corrected chi connectivity index (χ2v) is 7.00. The highest BCUT2D eigenvalue weighted by Gasteiger charge is 2.24. The number of rotatable bonds is 2. The Morgan fingerprint density at radius 1 is 1.32 bits per heavy atom. The molecule has 2 N–H and O–H groups in total. The molecule has 0 aliphatic carbocycles. The number of carbonyl (C=O) groups is 2. The van der Waals surface area contributed by atoms with Gasteiger partial charge in [-0.3, -0.25) is 5.32 Å². The number of ether oxygens (including phenoxy) is 1. The van der Waals surface area contributed by atoms with Crippen LogP contribution in [0, 0.1) is 13.8 Å². The van der Waals surface area contributed by atoms with Gasteiger partial charge in [-0.05, 0) is 46.2 Å². The fourth-order valence-corrected chi connectivity index (χ4v) is 3.21. The largest absolute Gasteiger partial charge is 0.477 e. The Morgan fingerprint density at radius 3 is 2.50 bits per heavy atom. The lowest BCUT2D eigenvalue weighted by atomic mass is 10.1. The molecule has 0 atom stereocenters. The summed E-state index contributed by atoms with van der Waals surface area (Å²) in [5.41, 5.74) is 1.24. The fraction of sp³-hybridized carbons (Fsp3) is 0.400. The Hall–Kier alpha value is -2.15. The number of nitrogens with zero attached hydrogens (tertiary/aromatic N) is 1. The van der Waals surface area contributed by atoms with Crippen molar-refractivity contribution in [3.05, 3.63) is 22.2 Å². The quantitative estimate of drug-likeness (QED) is 0.873. The van der Waals surface area contributed by atoms with Gasteiger partial charge >= 0.3 is 12.1 Å². The van der Waals surface area contributed by atoms with Crippen molar-refractivity contribution in [1.29, 1.82) is 0 Å². The molecule has 6 nitrogen and oxygen atoms in total. The van der Waals surface area contributed by atoms with Crippen molar-refractivity contribution in [2.24, 2.45) is 0 Å². The highest BCUT2D eigenvalue weighted by atomic mass is 32.1. The van der Waals surface area contributed by atoms with E-state index in [0.29, 0.717) is 10.2 Å². The molecule has 2 rings (SSSR count). The summed E-state index contributed by atoms with van der Waals surface area (Å²) in [6.45, 7) is 8.93. The van der Waals surface area contributed by atoms with Crippen LogP contribution >= 0.6 is 11.3 Å². The van der Waals surface area contributed by atoms with Crippen molar-refractivity contribution >= 4 is 39.3 Å². The number of thiophene rings is 1. The molecular formula is C15H18N2O4S. The molecule has 7 heteroatoms. The molecule has 118 valence electrons. The Bertz CT molecular complexity index is 759. The minimum absolute atomic E-state index is 0.0436. The van der Waals surface area contributed by atoms with E-state index < -0.39 is 17.7 Å². The zero-order chi connectivity index (χ0) is 16.7. The number of amides is 1. The predicted octanol–water partition coefficient (Wildman–Crippen LogP) is 3.96. The monoisotopic (exact) mass is 322 g/mol. The van der Waals surface area contributed by atoms with E-state index in [0.717, 1.165) is 22.6 Å². The maximum absolute atomic E-state index is 12.0. The number of carboxylic acid groups (broad SMARTS) is 1. The molecule has 2 aromatic rings. The van der Waals surface area contributed by atoms with Crippen molar-refractivity contribution in [1.82, 2.24) is 4.98 Å². The number of hydrogen-bond donors (Lipinski definition) is 2. The van der Waals surface area contributed by atoms with Gasteiger partial charge in [-0.25, -0.2) is 14.6 Å². The number of aryl methyl sites for hydroxylation is 2. The Balaban J connectivity index is 2.53. The minimum Gasteiger partial charge on any atom is -0.477 e. The molecule has 0 unspecified atom stereocenters. The van der Waals surface area contributed by atoms with Crippen LogP contribution in [0.5, 0.6) is 0 Å². The maximum atomic E-state index is 12.0. The number of fused-ring (bicyclic) bond motifs is 1. The third-order valence-electron chi connectivity index (χ3n) is 2.81. The number of carbonyl (C=O) groups excluding carboxylic acids is 1. The van der Waals surface area contributed by atoms with Gasteiger partial charge in [0.15, 0.2) is 0 Å². The van der Waals surface area contributed by atoms with E-state index in [1.165, 1.54) is 0 Å². The van der Waals surface area contributed by atoms with Crippen molar-refractivity contribution in [2.45, 2.75) is 40.2 Å². The van der Waals surface area contributed by atoms with Crippen LogP contribution < -0.4 is 5.32 Å². The Kier molecular flexibility index (Phi) is 4.10. The number of anilines is 1. The van der Waals surface area contributed by atoms with Gasteiger partial charge in [-0.15, -0.1) is 11.3 Å². The maximum Gasteiger partial charge on any atom is 0.412 e. The number of aromatic carboxylic acids is 1. The van der Waals surface area contributed by atoms with Crippen LogP contribution in [0.1, 0.15) is 41.7 Å². The molecule has 0 aliphatic rings. The van der Waals surface area contributed by atoms with Crippen LogP contribution in [0.3, 0.4) is 0 Å². The normalized spacial score (nSPS) is 11.5. The van der Waals surface area contributed by atoms with Crippen molar-refractivity contribution in [3.8, 4) is 0 Å². The lowest BCUT2D eigenvalue weighted by molar-refractivity contribution is 0.0636. The van der Waals surface area contributed by atoms with Crippen LogP contribution in [0.25, 0.3) is 10.2 Å². The molecular weight excluding hydrogens is 304 g/mol. The molecule has 0 radical (unpaired) electrons. The van der Waals surface area contributed by atoms with Crippen LogP contribution in [-0.2, 0) is 4.74 Å². The minimum atomic E-state index is -1.11. The lowest BCUT2D eigenvalue weighted by Crippen LogP contribution is -2.27. The van der Waals surface area contributed by atoms with Crippen LogP contribution in [0.15, 0.2) is 6.07 Å². The molecule has 0 bridgehead atoms. The van der Waals surface area contributed by atoms with E-state index in [4.69, 9.17) is 4.74 Å². The number of pyridine rings is 1. The summed E-state index contributed by atoms with van der Waals surface area (Å²) in [5, 5.41) is 12.6. The van der Waals surface area contributed by atoms with Gasteiger partial charge < -0.3 is 9.84 Å². The van der Waals surface area contributed by atoms with Crippen LogP contribution in [0.2, 0.25) is 0 Å². The van der Waals surface area contributed by atoms with Gasteiger partial charge in [0.2, 0.25) is 0 Å². The van der Waals surface area contributed by atoms with E-state index in [-0.39, 0.29) is 10.6 Å². The third kappa shape index (κ3) is 3.36. The molecule has 22 heavy (non-hydrogen) atoms. The van der Waals surface area contributed by atoms with Crippen LogP contribution in [0.4, 0.5) is 10.5 Å². The average molecular weight is 322 g/mol. The van der Waals surface area contributed by atoms with Crippen molar-refractivity contribution in [2.75, 3.05) is 5.32 Å². The predicted molar refractivity (Wildman–Crippen MR) is 85.9 cm³/mol. The van der Waals surface area contributed by atoms with Gasteiger partial charge in [0.1, 0.15) is 15.3 Å². The molecule has 1 amide bonds. The summed E-state index contributed by atoms with van der Waals surface area (Å²) in [6, 6.07) is 1.85. The highest BCUT2D eigenvalue weighted by molar-refractivity contribution is 7.21. The first-order valence-electron chi connectivity index (χ1n) is 6.72. The van der Waals surface area contributed by atoms with E-state index in [1.54, 1.807) is 20.8 Å². The molecule has 2 heterocycles. The average Bonchev–Trinajstić information content (AvgIpc) is 2.65. The second kappa shape index (κ2) is 5.57. The van der Waals surface area contributed by atoms with Gasteiger partial charge in [0.05, 0.1) is 5.69 Å². The summed E-state index contributed by atoms with van der Waals surface area (Å²) in [5.74, 6) is -1.11. The number of hydrogen-bond acceptors (Lipinski definition) is 5. The number of carboxylic acids is 1. The molecule has 2 aromatic heterocycles. The molecule has 0 saturated carbocycles. The Labute approximate surface area is 132 Å². The smallest absolute Gasteiger partial charge is 0.412 e. The summed E-state index contributed by atoms with van der Waals surface area (Å²) >= 11 is 1.04. The van der Waals surface area contributed by atoms with E-state index >= 15 is 0 Å². The Morgan fingerprint density at radius 2 is 1.95 bits per heavy atom. The van der Waals surface area contributed by atoms with Crippen molar-refractivity contribution < 1.29 is 19.4 Å². The summed E-state index contributed by atoms with van der Waals surface area (Å²) in [4.78, 5) is 28.4. The fourth-order valence-electron chi connectivity index (χ4n) is 2.12. The first-order valence-corrected chi connectivity index (χ1v) is 7.54. The molecule has 0 aromatic carbocycles. The van der Waals surface area contributed by atoms with Crippen molar-refractivity contribution in [3.63, 3.8) is 0 Å². The van der Waals surface area contributed by atoms with Gasteiger partial charge in [-0.2, -0.15) is 0 Å². The molecule has 0 fully saturated rings. The van der Waals surface area contributed by atoms with E-state index in [9.17, 15) is 14.7 Å². The van der Waals surface area contributed by atoms with Gasteiger partial charge in [0.25, 0.3) is 0 Å². The number of aromatic nitrogens is 1. The van der Waals surface area contributed by atoms with Gasteiger partial charge in [0, 0.05) is 11.1 Å².